The van der Waals surface area contributed by atoms with Gasteiger partial charge in [0.1, 0.15) is 17.5 Å². The molecule has 4 heterocycles. The number of aromatic nitrogens is 3. The predicted molar refractivity (Wildman–Crippen MR) is 124 cm³/mol. The fourth-order valence-corrected chi connectivity index (χ4v) is 3.90. The van der Waals surface area contributed by atoms with Crippen LogP contribution >= 0.6 is 0 Å². The number of amides is 2. The average molecular weight is 456 g/mol. The van der Waals surface area contributed by atoms with Crippen molar-refractivity contribution in [3.63, 3.8) is 0 Å². The van der Waals surface area contributed by atoms with Crippen LogP contribution in [0.4, 0.5) is 23.4 Å². The second-order valence-corrected chi connectivity index (χ2v) is 8.21. The molecule has 0 unspecified atom stereocenters. The summed E-state index contributed by atoms with van der Waals surface area (Å²) in [6, 6.07) is 5.33. The molecule has 2 aliphatic rings. The third-order valence-electron chi connectivity index (χ3n) is 5.57. The monoisotopic (exact) mass is 455 g/mol. The van der Waals surface area contributed by atoms with Gasteiger partial charge in [-0.05, 0) is 26.0 Å². The summed E-state index contributed by atoms with van der Waals surface area (Å²) in [5.41, 5.74) is 0.337. The lowest BCUT2D eigenvalue weighted by Crippen LogP contribution is -2.46. The zero-order chi connectivity index (χ0) is 23.4. The molecule has 0 radical (unpaired) electrons. The quantitative estimate of drug-likeness (QED) is 0.691. The maximum Gasteiger partial charge on any atom is 0.258 e. The van der Waals surface area contributed by atoms with Gasteiger partial charge in [-0.15, -0.1) is 0 Å². The summed E-state index contributed by atoms with van der Waals surface area (Å²) in [6.45, 7) is 9.39. The van der Waals surface area contributed by atoms with Gasteiger partial charge in [-0.1, -0.05) is 0 Å². The maximum absolute atomic E-state index is 13.0. The van der Waals surface area contributed by atoms with Crippen LogP contribution in [0.3, 0.4) is 0 Å². The second kappa shape index (κ2) is 10.1. The van der Waals surface area contributed by atoms with Crippen molar-refractivity contribution in [3.8, 4) is 0 Å². The average Bonchev–Trinajstić information content (AvgIpc) is 2.79. The number of rotatable bonds is 5. The molecule has 0 aromatic carbocycles. The maximum atomic E-state index is 13.0. The van der Waals surface area contributed by atoms with Gasteiger partial charge in [-0.2, -0.15) is 9.97 Å². The van der Waals surface area contributed by atoms with Gasteiger partial charge in [0, 0.05) is 37.8 Å². The van der Waals surface area contributed by atoms with E-state index in [9.17, 15) is 9.59 Å². The fraction of sp³-hybridized carbons (Fsp3) is 0.500. The minimum absolute atomic E-state index is 0.146. The van der Waals surface area contributed by atoms with E-state index < -0.39 is 5.91 Å². The summed E-state index contributed by atoms with van der Waals surface area (Å²) in [6.07, 6.45) is 1.47. The van der Waals surface area contributed by atoms with E-state index in [2.05, 4.69) is 49.2 Å². The third kappa shape index (κ3) is 5.55. The molecule has 2 fully saturated rings. The molecule has 2 N–H and O–H groups in total. The van der Waals surface area contributed by atoms with Crippen molar-refractivity contribution in [2.45, 2.75) is 32.9 Å². The highest BCUT2D eigenvalue weighted by Gasteiger charge is 2.26. The smallest absolute Gasteiger partial charge is 0.258 e. The highest BCUT2D eigenvalue weighted by molar-refractivity contribution is 6.04. The summed E-state index contributed by atoms with van der Waals surface area (Å²) < 4.78 is 11.1. The standard InChI is InChI=1S/C22H29N7O4/c1-14-12-32-8-6-28(14)19-11-20(29-7-9-33-13-15(29)2)26-22(25-19)27-21(31)17-4-5-23-18(10-17)24-16(3)30/h4-5,10-11,14-15H,6-9,12-13H2,1-3H3,(H,23,24,30)(H,25,26,27,31)/t14-,15-/m0/s1. The summed E-state index contributed by atoms with van der Waals surface area (Å²) in [7, 11) is 0. The molecule has 2 atom stereocenters. The van der Waals surface area contributed by atoms with E-state index in [0.29, 0.717) is 50.9 Å². The Morgan fingerprint density at radius 2 is 1.58 bits per heavy atom. The molecule has 2 aliphatic heterocycles. The Bertz CT molecular complexity index is 978. The first-order valence-corrected chi connectivity index (χ1v) is 11.0. The van der Waals surface area contributed by atoms with Crippen LogP contribution < -0.4 is 20.4 Å². The van der Waals surface area contributed by atoms with Crippen molar-refractivity contribution in [1.29, 1.82) is 0 Å². The molecular formula is C22H29N7O4. The van der Waals surface area contributed by atoms with Crippen molar-refractivity contribution in [3.05, 3.63) is 30.0 Å². The molecule has 2 saturated heterocycles. The van der Waals surface area contributed by atoms with Crippen molar-refractivity contribution in [2.75, 3.05) is 60.0 Å². The van der Waals surface area contributed by atoms with Gasteiger partial charge < -0.3 is 24.6 Å². The number of hydrogen-bond acceptors (Lipinski definition) is 9. The number of ether oxygens (including phenoxy) is 2. The van der Waals surface area contributed by atoms with Gasteiger partial charge in [0.05, 0.1) is 38.5 Å². The lowest BCUT2D eigenvalue weighted by Gasteiger charge is -2.37. The molecule has 11 heteroatoms. The van der Waals surface area contributed by atoms with Gasteiger partial charge in [-0.3, -0.25) is 14.9 Å². The van der Waals surface area contributed by atoms with Gasteiger partial charge in [0.25, 0.3) is 5.91 Å². The zero-order valence-corrected chi connectivity index (χ0v) is 19.1. The molecule has 2 aromatic rings. The number of morpholine rings is 2. The third-order valence-corrected chi connectivity index (χ3v) is 5.57. The molecule has 0 aliphatic carbocycles. The van der Waals surface area contributed by atoms with E-state index in [0.717, 1.165) is 11.6 Å². The van der Waals surface area contributed by atoms with Gasteiger partial charge in [-0.25, -0.2) is 4.98 Å². The zero-order valence-electron chi connectivity index (χ0n) is 19.1. The van der Waals surface area contributed by atoms with Gasteiger partial charge in [0.15, 0.2) is 0 Å². The summed E-state index contributed by atoms with van der Waals surface area (Å²) in [5.74, 6) is 1.33. The number of nitrogens with zero attached hydrogens (tertiary/aromatic N) is 5. The van der Waals surface area contributed by atoms with Crippen LogP contribution in [0.5, 0.6) is 0 Å². The molecule has 0 saturated carbocycles. The highest BCUT2D eigenvalue weighted by atomic mass is 16.5. The Morgan fingerprint density at radius 3 is 2.12 bits per heavy atom. The summed E-state index contributed by atoms with van der Waals surface area (Å²) in [5, 5.41) is 5.39. The number of carbonyl (C=O) groups excluding carboxylic acids is 2. The van der Waals surface area contributed by atoms with E-state index in [1.54, 1.807) is 6.07 Å². The minimum Gasteiger partial charge on any atom is -0.377 e. The second-order valence-electron chi connectivity index (χ2n) is 8.21. The van der Waals surface area contributed by atoms with Crippen LogP contribution in [0, 0.1) is 0 Å². The lowest BCUT2D eigenvalue weighted by atomic mass is 10.2. The van der Waals surface area contributed by atoms with Gasteiger partial charge >= 0.3 is 0 Å². The topological polar surface area (TPSA) is 122 Å². The molecule has 11 nitrogen and oxygen atoms in total. The Hall–Kier alpha value is -3.31. The molecule has 4 rings (SSSR count). The molecule has 0 spiro atoms. The molecular weight excluding hydrogens is 426 g/mol. The van der Waals surface area contributed by atoms with E-state index in [-0.39, 0.29) is 23.9 Å². The van der Waals surface area contributed by atoms with E-state index in [4.69, 9.17) is 9.47 Å². The Balaban J connectivity index is 1.63. The molecule has 176 valence electrons. The Morgan fingerprint density at radius 1 is 0.970 bits per heavy atom. The lowest BCUT2D eigenvalue weighted by molar-refractivity contribution is -0.114. The number of hydrogen-bond donors (Lipinski definition) is 2. The van der Waals surface area contributed by atoms with Crippen molar-refractivity contribution < 1.29 is 19.1 Å². The number of carbonyl (C=O) groups is 2. The number of nitrogens with one attached hydrogen (secondary N) is 2. The first-order chi connectivity index (χ1) is 15.9. The summed E-state index contributed by atoms with van der Waals surface area (Å²) in [4.78, 5) is 42.0. The van der Waals surface area contributed by atoms with Crippen LogP contribution in [-0.2, 0) is 14.3 Å². The Labute approximate surface area is 192 Å². The van der Waals surface area contributed by atoms with Crippen molar-refractivity contribution in [1.82, 2.24) is 15.0 Å². The van der Waals surface area contributed by atoms with Gasteiger partial charge in [0.2, 0.25) is 11.9 Å². The normalized spacial score (nSPS) is 20.9. The van der Waals surface area contributed by atoms with E-state index >= 15 is 0 Å². The van der Waals surface area contributed by atoms with Crippen LogP contribution in [0.15, 0.2) is 24.4 Å². The number of pyridine rings is 1. The first kappa shape index (κ1) is 22.9. The molecule has 33 heavy (non-hydrogen) atoms. The first-order valence-electron chi connectivity index (χ1n) is 11.0. The fourth-order valence-electron chi connectivity index (χ4n) is 3.90. The van der Waals surface area contributed by atoms with Crippen LogP contribution in [-0.4, -0.2) is 78.4 Å². The molecule has 0 bridgehead atoms. The molecule has 2 amide bonds. The summed E-state index contributed by atoms with van der Waals surface area (Å²) >= 11 is 0. The van der Waals surface area contributed by atoms with Crippen LogP contribution in [0.2, 0.25) is 0 Å². The van der Waals surface area contributed by atoms with Crippen molar-refractivity contribution in [2.24, 2.45) is 0 Å². The van der Waals surface area contributed by atoms with Crippen molar-refractivity contribution >= 4 is 35.2 Å². The highest BCUT2D eigenvalue weighted by Crippen LogP contribution is 2.26. The van der Waals surface area contributed by atoms with Crippen LogP contribution in [0.25, 0.3) is 0 Å². The van der Waals surface area contributed by atoms with E-state index in [1.807, 2.05) is 6.07 Å². The SMILES string of the molecule is CC(=O)Nc1cc(C(=O)Nc2nc(N3CCOC[C@@H]3C)cc(N3CCOC[C@@H]3C)n2)ccn1. The minimum atomic E-state index is -0.392. The Kier molecular flexibility index (Phi) is 6.99. The molecule has 2 aromatic heterocycles. The van der Waals surface area contributed by atoms with Crippen LogP contribution in [0.1, 0.15) is 31.1 Å². The predicted octanol–water partition coefficient (Wildman–Crippen LogP) is 1.53. The van der Waals surface area contributed by atoms with E-state index in [1.165, 1.54) is 19.2 Å². The largest absolute Gasteiger partial charge is 0.377 e. The number of anilines is 4.